The Morgan fingerprint density at radius 2 is 1.86 bits per heavy atom. The summed E-state index contributed by atoms with van der Waals surface area (Å²) < 4.78 is 13.0. The van der Waals surface area contributed by atoms with Crippen molar-refractivity contribution in [3.8, 4) is 0 Å². The molecule has 0 aliphatic rings. The third kappa shape index (κ3) is 6.50. The van der Waals surface area contributed by atoms with Gasteiger partial charge in [-0.2, -0.15) is 0 Å². The minimum atomic E-state index is -0.197. The lowest BCUT2D eigenvalue weighted by molar-refractivity contribution is 0.442. The first-order chi connectivity index (χ1) is 9.90. The van der Waals surface area contributed by atoms with Crippen LogP contribution in [-0.4, -0.2) is 38.0 Å². The Morgan fingerprint density at radius 3 is 2.36 bits per heavy atom. The highest BCUT2D eigenvalue weighted by Gasteiger charge is 2.21. The van der Waals surface area contributed by atoms with Gasteiger partial charge in [0.2, 0.25) is 0 Å². The zero-order chi connectivity index (χ0) is 15.9. The minimum absolute atomic E-state index is 0. The van der Waals surface area contributed by atoms with Crippen LogP contribution in [0.15, 0.2) is 29.3 Å². The van der Waals surface area contributed by atoms with Gasteiger partial charge in [-0.15, -0.1) is 24.0 Å². The molecule has 1 N–H and O–H groups in total. The second-order valence-corrected chi connectivity index (χ2v) is 6.07. The van der Waals surface area contributed by atoms with Gasteiger partial charge in [-0.1, -0.05) is 39.3 Å². The Hall–Kier alpha value is -0.850. The molecule has 0 heterocycles. The number of guanidine groups is 1. The van der Waals surface area contributed by atoms with Crippen molar-refractivity contribution in [1.82, 2.24) is 10.2 Å². The maximum atomic E-state index is 13.0. The molecule has 0 amide bonds. The van der Waals surface area contributed by atoms with Crippen molar-refractivity contribution in [1.29, 1.82) is 0 Å². The van der Waals surface area contributed by atoms with E-state index in [0.29, 0.717) is 0 Å². The third-order valence-corrected chi connectivity index (χ3v) is 3.73. The molecule has 126 valence electrons. The van der Waals surface area contributed by atoms with Crippen LogP contribution in [-0.2, 0) is 5.41 Å². The monoisotopic (exact) mass is 421 g/mol. The molecule has 22 heavy (non-hydrogen) atoms. The molecule has 0 aliphatic heterocycles. The van der Waals surface area contributed by atoms with Crippen molar-refractivity contribution in [2.24, 2.45) is 4.99 Å². The summed E-state index contributed by atoms with van der Waals surface area (Å²) in [6, 6.07) is 6.72. The fourth-order valence-corrected chi connectivity index (χ4v) is 2.19. The van der Waals surface area contributed by atoms with Gasteiger partial charge in [0.05, 0.1) is 0 Å². The van der Waals surface area contributed by atoms with Crippen LogP contribution in [0.4, 0.5) is 4.39 Å². The van der Waals surface area contributed by atoms with E-state index < -0.39 is 0 Å². The molecule has 0 spiro atoms. The van der Waals surface area contributed by atoms with E-state index in [1.54, 1.807) is 7.05 Å². The van der Waals surface area contributed by atoms with Crippen LogP contribution in [0.3, 0.4) is 0 Å². The van der Waals surface area contributed by atoms with Crippen molar-refractivity contribution < 1.29 is 4.39 Å². The van der Waals surface area contributed by atoms with Gasteiger partial charge in [-0.05, 0) is 24.1 Å². The molecule has 1 rings (SSSR count). The van der Waals surface area contributed by atoms with E-state index in [-0.39, 0.29) is 35.2 Å². The van der Waals surface area contributed by atoms with Crippen molar-refractivity contribution in [2.75, 3.05) is 27.2 Å². The highest BCUT2D eigenvalue weighted by atomic mass is 127. The molecular formula is C17H29FIN3. The van der Waals surface area contributed by atoms with Gasteiger partial charge < -0.3 is 10.2 Å². The lowest BCUT2D eigenvalue weighted by atomic mass is 9.84. The number of hydrogen-bond acceptors (Lipinski definition) is 1. The van der Waals surface area contributed by atoms with Crippen LogP contribution in [0.25, 0.3) is 0 Å². The number of rotatable bonds is 6. The van der Waals surface area contributed by atoms with Crippen LogP contribution in [0.2, 0.25) is 0 Å². The molecule has 0 unspecified atom stereocenters. The summed E-state index contributed by atoms with van der Waals surface area (Å²) in [7, 11) is 3.85. The van der Waals surface area contributed by atoms with Crippen LogP contribution in [0, 0.1) is 5.82 Å². The van der Waals surface area contributed by atoms with E-state index in [1.165, 1.54) is 18.6 Å². The van der Waals surface area contributed by atoms with Gasteiger partial charge in [0.25, 0.3) is 0 Å². The average Bonchev–Trinajstić information content (AvgIpc) is 2.46. The Balaban J connectivity index is 0.00000441. The Labute approximate surface area is 151 Å². The topological polar surface area (TPSA) is 27.6 Å². The summed E-state index contributed by atoms with van der Waals surface area (Å²) >= 11 is 0. The summed E-state index contributed by atoms with van der Waals surface area (Å²) in [6.07, 6.45) is 2.32. The van der Waals surface area contributed by atoms with Gasteiger partial charge in [0, 0.05) is 32.6 Å². The first-order valence-corrected chi connectivity index (χ1v) is 7.58. The van der Waals surface area contributed by atoms with E-state index in [1.807, 2.05) is 12.1 Å². The molecule has 3 nitrogen and oxygen atoms in total. The summed E-state index contributed by atoms with van der Waals surface area (Å²) in [6.45, 7) is 8.22. The molecule has 1 aromatic rings. The predicted octanol–water partition coefficient (Wildman–Crippen LogP) is 4.03. The largest absolute Gasteiger partial charge is 0.355 e. The normalized spacial score (nSPS) is 11.8. The molecule has 0 saturated carbocycles. The average molecular weight is 421 g/mol. The summed E-state index contributed by atoms with van der Waals surface area (Å²) in [5.74, 6) is 0.705. The number of nitrogens with one attached hydrogen (secondary N) is 1. The highest BCUT2D eigenvalue weighted by molar-refractivity contribution is 14.0. The fourth-order valence-electron chi connectivity index (χ4n) is 2.19. The Morgan fingerprint density at radius 1 is 1.27 bits per heavy atom. The maximum Gasteiger partial charge on any atom is 0.193 e. The van der Waals surface area contributed by atoms with E-state index in [2.05, 4.69) is 43.0 Å². The molecule has 0 fully saturated rings. The first kappa shape index (κ1) is 21.1. The van der Waals surface area contributed by atoms with Gasteiger partial charge in [0.15, 0.2) is 5.96 Å². The lowest BCUT2D eigenvalue weighted by Crippen LogP contribution is -2.44. The third-order valence-electron chi connectivity index (χ3n) is 3.73. The van der Waals surface area contributed by atoms with Crippen molar-refractivity contribution in [2.45, 2.75) is 39.0 Å². The number of halogens is 2. The number of aliphatic imine (C=N–C) groups is 1. The standard InChI is InChI=1S/C17H28FN3.HI/c1-6-7-12-21(5)16(19-4)20-13-17(2,3)14-8-10-15(18)11-9-14;/h8-11H,6-7,12-13H2,1-5H3,(H,19,20);1H. The second kappa shape index (κ2) is 10.0. The van der Waals surface area contributed by atoms with E-state index in [0.717, 1.165) is 31.0 Å². The predicted molar refractivity (Wildman–Crippen MR) is 104 cm³/mol. The van der Waals surface area contributed by atoms with E-state index in [4.69, 9.17) is 0 Å². The molecule has 1 aromatic carbocycles. The van der Waals surface area contributed by atoms with Crippen molar-refractivity contribution >= 4 is 29.9 Å². The number of hydrogen-bond donors (Lipinski definition) is 1. The molecular weight excluding hydrogens is 392 g/mol. The summed E-state index contributed by atoms with van der Waals surface area (Å²) in [5.41, 5.74) is 1.03. The Bertz CT molecular complexity index is 457. The highest BCUT2D eigenvalue weighted by Crippen LogP contribution is 2.22. The lowest BCUT2D eigenvalue weighted by Gasteiger charge is -2.29. The quantitative estimate of drug-likeness (QED) is 0.427. The zero-order valence-electron chi connectivity index (χ0n) is 14.3. The minimum Gasteiger partial charge on any atom is -0.355 e. The molecule has 0 aromatic heterocycles. The maximum absolute atomic E-state index is 13.0. The van der Waals surface area contributed by atoms with E-state index >= 15 is 0 Å². The number of benzene rings is 1. The van der Waals surface area contributed by atoms with Gasteiger partial charge in [0.1, 0.15) is 5.82 Å². The Kier molecular flexibility index (Phi) is 9.64. The van der Waals surface area contributed by atoms with Crippen LogP contribution in [0.5, 0.6) is 0 Å². The smallest absolute Gasteiger partial charge is 0.193 e. The van der Waals surface area contributed by atoms with Gasteiger partial charge in [-0.3, -0.25) is 4.99 Å². The van der Waals surface area contributed by atoms with Gasteiger partial charge in [-0.25, -0.2) is 4.39 Å². The van der Waals surface area contributed by atoms with Crippen LogP contribution in [0.1, 0.15) is 39.2 Å². The first-order valence-electron chi connectivity index (χ1n) is 7.58. The number of unbranched alkanes of at least 4 members (excludes halogenated alkanes) is 1. The van der Waals surface area contributed by atoms with E-state index in [9.17, 15) is 4.39 Å². The zero-order valence-corrected chi connectivity index (χ0v) is 16.6. The molecule has 0 bridgehead atoms. The molecule has 0 aliphatic carbocycles. The fraction of sp³-hybridized carbons (Fsp3) is 0.588. The molecule has 5 heteroatoms. The van der Waals surface area contributed by atoms with Crippen molar-refractivity contribution in [3.05, 3.63) is 35.6 Å². The van der Waals surface area contributed by atoms with Gasteiger partial charge >= 0.3 is 0 Å². The summed E-state index contributed by atoms with van der Waals surface area (Å²) in [4.78, 5) is 6.47. The molecule has 0 saturated heterocycles. The number of nitrogens with zero attached hydrogens (tertiary/aromatic N) is 2. The summed E-state index contributed by atoms with van der Waals surface area (Å²) in [5, 5.41) is 3.41. The van der Waals surface area contributed by atoms with Crippen LogP contribution < -0.4 is 5.32 Å². The van der Waals surface area contributed by atoms with Crippen molar-refractivity contribution in [3.63, 3.8) is 0 Å². The molecule has 0 radical (unpaired) electrons. The molecule has 0 atom stereocenters. The van der Waals surface area contributed by atoms with Crippen LogP contribution >= 0.6 is 24.0 Å². The SMILES string of the molecule is CCCCN(C)C(=NC)NCC(C)(C)c1ccc(F)cc1.I. The second-order valence-electron chi connectivity index (χ2n) is 6.07.